The van der Waals surface area contributed by atoms with Crippen molar-refractivity contribution in [1.29, 1.82) is 0 Å². The number of methoxy groups -OCH3 is 2. The highest BCUT2D eigenvalue weighted by molar-refractivity contribution is 6.51. The molecular formula is C32H33NO6. The van der Waals surface area contributed by atoms with Crippen molar-refractivity contribution in [1.82, 2.24) is 0 Å². The number of nitrogens with zero attached hydrogens (tertiary/aromatic N) is 1. The molecule has 0 aromatic heterocycles. The van der Waals surface area contributed by atoms with Gasteiger partial charge in [0.25, 0.3) is 11.7 Å². The maximum Gasteiger partial charge on any atom is 0.309 e. The number of rotatable bonds is 7. The van der Waals surface area contributed by atoms with Crippen molar-refractivity contribution in [2.45, 2.75) is 46.1 Å². The molecule has 7 nitrogen and oxygen atoms in total. The predicted molar refractivity (Wildman–Crippen MR) is 150 cm³/mol. The SMILES string of the molecule is COC(=O)Cc1ccc(N2C(=O)C(=O)/C(=C(/O)c3cc(C(C)C)c(OC)cc3C)C2c2ccccc2C)cc1. The molecule has 0 bridgehead atoms. The van der Waals surface area contributed by atoms with Crippen molar-refractivity contribution in [2.75, 3.05) is 19.1 Å². The van der Waals surface area contributed by atoms with Crippen LogP contribution in [0.5, 0.6) is 5.75 Å². The van der Waals surface area contributed by atoms with Gasteiger partial charge in [0.1, 0.15) is 11.5 Å². The molecule has 1 aliphatic heterocycles. The number of hydrogen-bond donors (Lipinski definition) is 1. The summed E-state index contributed by atoms with van der Waals surface area (Å²) < 4.78 is 10.3. The van der Waals surface area contributed by atoms with E-state index < -0.39 is 17.7 Å². The van der Waals surface area contributed by atoms with E-state index in [1.807, 2.05) is 64.1 Å². The van der Waals surface area contributed by atoms with E-state index >= 15 is 0 Å². The first-order valence-corrected chi connectivity index (χ1v) is 12.8. The number of ketones is 1. The highest BCUT2D eigenvalue weighted by Crippen LogP contribution is 2.44. The second-order valence-corrected chi connectivity index (χ2v) is 10.0. The Morgan fingerprint density at radius 3 is 2.23 bits per heavy atom. The lowest BCUT2D eigenvalue weighted by Crippen LogP contribution is -2.29. The lowest BCUT2D eigenvalue weighted by Gasteiger charge is -2.27. The fourth-order valence-electron chi connectivity index (χ4n) is 5.03. The molecule has 4 rings (SSSR count). The Kier molecular flexibility index (Phi) is 7.90. The number of benzene rings is 3. The van der Waals surface area contributed by atoms with Crippen molar-refractivity contribution in [3.8, 4) is 5.75 Å². The normalized spacial score (nSPS) is 16.6. The van der Waals surface area contributed by atoms with Crippen LogP contribution in [0.25, 0.3) is 5.76 Å². The number of anilines is 1. The standard InChI is InChI=1S/C32H33NO6/c1-18(2)24-17-25(20(4)15-26(24)38-5)30(35)28-29(23-10-8-7-9-19(23)3)33(32(37)31(28)36)22-13-11-21(12-14-22)16-27(34)39-6/h7-15,17-18,29,35H,16H2,1-6H3/b30-28+. The first-order chi connectivity index (χ1) is 18.6. The average Bonchev–Trinajstić information content (AvgIpc) is 3.18. The van der Waals surface area contributed by atoms with E-state index in [0.29, 0.717) is 22.6 Å². The summed E-state index contributed by atoms with van der Waals surface area (Å²) >= 11 is 0. The minimum Gasteiger partial charge on any atom is -0.507 e. The molecule has 1 atom stereocenters. The number of ether oxygens (including phenoxy) is 2. The van der Waals surface area contributed by atoms with Crippen LogP contribution in [0, 0.1) is 13.8 Å². The van der Waals surface area contributed by atoms with Crippen LogP contribution in [0.2, 0.25) is 0 Å². The van der Waals surface area contributed by atoms with Crippen molar-refractivity contribution in [3.05, 3.63) is 99.6 Å². The molecular weight excluding hydrogens is 494 g/mol. The van der Waals surface area contributed by atoms with Gasteiger partial charge in [-0.3, -0.25) is 19.3 Å². The van der Waals surface area contributed by atoms with E-state index in [2.05, 4.69) is 0 Å². The summed E-state index contributed by atoms with van der Waals surface area (Å²) in [7, 11) is 2.92. The highest BCUT2D eigenvalue weighted by Gasteiger charge is 2.47. The van der Waals surface area contributed by atoms with Crippen LogP contribution in [0.1, 0.15) is 59.2 Å². The molecule has 1 saturated heterocycles. The van der Waals surface area contributed by atoms with E-state index in [-0.39, 0.29) is 29.6 Å². The quantitative estimate of drug-likeness (QED) is 0.181. The maximum atomic E-state index is 13.6. The molecule has 3 aromatic rings. The molecule has 0 spiro atoms. The molecule has 7 heteroatoms. The minimum atomic E-state index is -0.846. The molecule has 0 saturated carbocycles. The molecule has 0 aliphatic carbocycles. The van der Waals surface area contributed by atoms with Gasteiger partial charge in [0.2, 0.25) is 0 Å². The molecule has 1 N–H and O–H groups in total. The number of carbonyl (C=O) groups is 3. The summed E-state index contributed by atoms with van der Waals surface area (Å²) in [5, 5.41) is 11.7. The molecule has 1 heterocycles. The monoisotopic (exact) mass is 527 g/mol. The van der Waals surface area contributed by atoms with Crippen LogP contribution in [-0.4, -0.2) is 37.0 Å². The van der Waals surface area contributed by atoms with Crippen molar-refractivity contribution in [2.24, 2.45) is 0 Å². The number of hydrogen-bond acceptors (Lipinski definition) is 6. The average molecular weight is 528 g/mol. The van der Waals surface area contributed by atoms with E-state index in [1.165, 1.54) is 12.0 Å². The van der Waals surface area contributed by atoms with E-state index in [9.17, 15) is 19.5 Å². The number of aliphatic hydroxyl groups excluding tert-OH is 1. The zero-order valence-electron chi connectivity index (χ0n) is 23.1. The van der Waals surface area contributed by atoms with Gasteiger partial charge >= 0.3 is 5.97 Å². The van der Waals surface area contributed by atoms with Gasteiger partial charge in [0.05, 0.1) is 32.3 Å². The van der Waals surface area contributed by atoms with Gasteiger partial charge < -0.3 is 14.6 Å². The van der Waals surface area contributed by atoms with Gasteiger partial charge in [-0.2, -0.15) is 0 Å². The van der Waals surface area contributed by atoms with Gasteiger partial charge in [-0.25, -0.2) is 0 Å². The minimum absolute atomic E-state index is 0.0240. The van der Waals surface area contributed by atoms with Crippen LogP contribution < -0.4 is 9.64 Å². The van der Waals surface area contributed by atoms with Gasteiger partial charge in [-0.15, -0.1) is 0 Å². The molecule has 1 amide bonds. The Hall–Kier alpha value is -4.39. The second kappa shape index (κ2) is 11.2. The lowest BCUT2D eigenvalue weighted by molar-refractivity contribution is -0.139. The predicted octanol–water partition coefficient (Wildman–Crippen LogP) is 5.78. The van der Waals surface area contributed by atoms with E-state index in [1.54, 1.807) is 31.4 Å². The molecule has 1 fully saturated rings. The fourth-order valence-corrected chi connectivity index (χ4v) is 5.03. The highest BCUT2D eigenvalue weighted by atomic mass is 16.5. The van der Waals surface area contributed by atoms with Crippen LogP contribution in [-0.2, 0) is 25.5 Å². The number of carbonyl (C=O) groups excluding carboxylic acids is 3. The van der Waals surface area contributed by atoms with Crippen molar-refractivity contribution in [3.63, 3.8) is 0 Å². The third kappa shape index (κ3) is 5.17. The zero-order valence-corrected chi connectivity index (χ0v) is 23.1. The third-order valence-corrected chi connectivity index (χ3v) is 7.17. The summed E-state index contributed by atoms with van der Waals surface area (Å²) in [6, 6.07) is 17.2. The molecule has 0 radical (unpaired) electrons. The number of amides is 1. The van der Waals surface area contributed by atoms with Crippen LogP contribution in [0.4, 0.5) is 5.69 Å². The Bertz CT molecular complexity index is 1470. The zero-order chi connectivity index (χ0) is 28.4. The largest absolute Gasteiger partial charge is 0.507 e. The Morgan fingerprint density at radius 1 is 0.974 bits per heavy atom. The molecule has 39 heavy (non-hydrogen) atoms. The van der Waals surface area contributed by atoms with Crippen molar-refractivity contribution < 1.29 is 29.0 Å². The van der Waals surface area contributed by atoms with Gasteiger partial charge in [0.15, 0.2) is 0 Å². The van der Waals surface area contributed by atoms with E-state index in [0.717, 1.165) is 22.3 Å². The Balaban J connectivity index is 1.92. The molecule has 1 aliphatic rings. The Morgan fingerprint density at radius 2 is 1.64 bits per heavy atom. The van der Waals surface area contributed by atoms with E-state index in [4.69, 9.17) is 9.47 Å². The summed E-state index contributed by atoms with van der Waals surface area (Å²) in [6.07, 6.45) is 0.0890. The number of esters is 1. The number of aryl methyl sites for hydroxylation is 2. The van der Waals surface area contributed by atoms with Gasteiger partial charge in [-0.1, -0.05) is 50.2 Å². The summed E-state index contributed by atoms with van der Waals surface area (Å²) in [4.78, 5) is 40.3. The molecule has 202 valence electrons. The smallest absolute Gasteiger partial charge is 0.309 e. The molecule has 3 aromatic carbocycles. The summed E-state index contributed by atoms with van der Waals surface area (Å²) in [5.74, 6) is -1.30. The van der Waals surface area contributed by atoms with Gasteiger partial charge in [-0.05, 0) is 71.8 Å². The number of Topliss-reactive ketones (excluding diaryl/α,β-unsaturated/α-hetero) is 1. The van der Waals surface area contributed by atoms with Crippen LogP contribution >= 0.6 is 0 Å². The lowest BCUT2D eigenvalue weighted by atomic mass is 9.89. The second-order valence-electron chi connectivity index (χ2n) is 10.0. The first-order valence-electron chi connectivity index (χ1n) is 12.8. The van der Waals surface area contributed by atoms with Crippen LogP contribution in [0.15, 0.2) is 66.2 Å². The van der Waals surface area contributed by atoms with Crippen molar-refractivity contribution >= 4 is 29.1 Å². The third-order valence-electron chi connectivity index (χ3n) is 7.17. The summed E-state index contributed by atoms with van der Waals surface area (Å²) in [5.41, 5.74) is 4.89. The van der Waals surface area contributed by atoms with Crippen LogP contribution in [0.3, 0.4) is 0 Å². The topological polar surface area (TPSA) is 93.1 Å². The maximum absolute atomic E-state index is 13.6. The molecule has 1 unspecified atom stereocenters. The summed E-state index contributed by atoms with van der Waals surface area (Å²) in [6.45, 7) is 7.78. The Labute approximate surface area is 228 Å². The first kappa shape index (κ1) is 27.6. The fraction of sp³-hybridized carbons (Fsp3) is 0.281. The number of aliphatic hydroxyl groups is 1. The van der Waals surface area contributed by atoms with Gasteiger partial charge in [0, 0.05) is 11.3 Å².